The molecule has 0 saturated carbocycles. The summed E-state index contributed by atoms with van der Waals surface area (Å²) in [7, 11) is 0. The lowest BCUT2D eigenvalue weighted by atomic mass is 10.2. The summed E-state index contributed by atoms with van der Waals surface area (Å²) in [4.78, 5) is 14.9. The fourth-order valence-electron chi connectivity index (χ4n) is 1.64. The number of aryl methyl sites for hydroxylation is 2. The number of hydrogen-bond donors (Lipinski definition) is 1. The monoisotopic (exact) mass is 250 g/mol. The zero-order chi connectivity index (χ0) is 12.3. The van der Waals surface area contributed by atoms with Gasteiger partial charge in [0.2, 0.25) is 0 Å². The van der Waals surface area contributed by atoms with Crippen molar-refractivity contribution >= 4 is 17.6 Å². The van der Waals surface area contributed by atoms with E-state index in [0.717, 1.165) is 12.0 Å². The number of carboxylic acid groups (broad SMARTS) is 1. The van der Waals surface area contributed by atoms with Crippen LogP contribution in [0.15, 0.2) is 36.8 Å². The van der Waals surface area contributed by atoms with Crippen LogP contribution in [0.4, 0.5) is 0 Å². The fraction of sp³-hybridized carbons (Fsp3) is 0.167. The molecule has 0 saturated heterocycles. The van der Waals surface area contributed by atoms with Gasteiger partial charge in [-0.15, -0.1) is 0 Å². The number of halogens is 1. The van der Waals surface area contributed by atoms with Crippen LogP contribution < -0.4 is 0 Å². The topological polar surface area (TPSA) is 55.1 Å². The molecule has 88 valence electrons. The Morgan fingerprint density at radius 1 is 1.41 bits per heavy atom. The van der Waals surface area contributed by atoms with Gasteiger partial charge >= 0.3 is 5.97 Å². The average Bonchev–Trinajstić information content (AvgIpc) is 2.69. The lowest BCUT2D eigenvalue weighted by Crippen LogP contribution is -2.09. The van der Waals surface area contributed by atoms with Gasteiger partial charge in [0.25, 0.3) is 0 Å². The summed E-state index contributed by atoms with van der Waals surface area (Å²) >= 11 is 5.80. The zero-order valence-electron chi connectivity index (χ0n) is 9.01. The molecule has 0 fully saturated rings. The van der Waals surface area contributed by atoms with Gasteiger partial charge in [-0.3, -0.25) is 4.98 Å². The minimum atomic E-state index is -0.966. The quantitative estimate of drug-likeness (QED) is 0.907. The molecule has 17 heavy (non-hydrogen) atoms. The molecule has 0 bridgehead atoms. The van der Waals surface area contributed by atoms with Gasteiger partial charge in [0.1, 0.15) is 5.69 Å². The van der Waals surface area contributed by atoms with Crippen LogP contribution in [-0.4, -0.2) is 20.6 Å². The summed E-state index contributed by atoms with van der Waals surface area (Å²) in [6, 6.07) is 5.27. The minimum Gasteiger partial charge on any atom is -0.477 e. The van der Waals surface area contributed by atoms with Gasteiger partial charge in [0.15, 0.2) is 0 Å². The molecule has 5 heteroatoms. The highest BCUT2D eigenvalue weighted by molar-refractivity contribution is 6.30. The van der Waals surface area contributed by atoms with E-state index in [1.807, 2.05) is 12.1 Å². The van der Waals surface area contributed by atoms with Crippen molar-refractivity contribution in [3.63, 3.8) is 0 Å². The third kappa shape index (κ3) is 2.85. The summed E-state index contributed by atoms with van der Waals surface area (Å²) < 4.78 is 1.64. The largest absolute Gasteiger partial charge is 0.477 e. The van der Waals surface area contributed by atoms with Crippen molar-refractivity contribution in [2.24, 2.45) is 0 Å². The van der Waals surface area contributed by atoms with Gasteiger partial charge in [0, 0.05) is 25.1 Å². The van der Waals surface area contributed by atoms with Crippen molar-refractivity contribution in [2.75, 3.05) is 0 Å². The first-order valence-electron chi connectivity index (χ1n) is 5.14. The Morgan fingerprint density at radius 2 is 2.12 bits per heavy atom. The lowest BCUT2D eigenvalue weighted by Gasteiger charge is -2.05. The Hall–Kier alpha value is -1.81. The average molecular weight is 251 g/mol. The molecular weight excluding hydrogens is 240 g/mol. The molecule has 4 nitrogen and oxygen atoms in total. The second kappa shape index (κ2) is 5.01. The van der Waals surface area contributed by atoms with Gasteiger partial charge in [-0.25, -0.2) is 4.79 Å². The van der Waals surface area contributed by atoms with Crippen molar-refractivity contribution in [1.82, 2.24) is 9.55 Å². The van der Waals surface area contributed by atoms with Crippen molar-refractivity contribution in [2.45, 2.75) is 13.0 Å². The number of aromatic nitrogens is 2. The molecule has 0 unspecified atom stereocenters. The van der Waals surface area contributed by atoms with Crippen LogP contribution in [0.5, 0.6) is 0 Å². The maximum absolute atomic E-state index is 11.0. The number of pyridine rings is 1. The van der Waals surface area contributed by atoms with Crippen LogP contribution in [0.25, 0.3) is 0 Å². The smallest absolute Gasteiger partial charge is 0.352 e. The van der Waals surface area contributed by atoms with Crippen molar-refractivity contribution in [3.05, 3.63) is 53.1 Å². The highest BCUT2D eigenvalue weighted by Crippen LogP contribution is 2.15. The van der Waals surface area contributed by atoms with Crippen molar-refractivity contribution in [3.8, 4) is 0 Å². The molecule has 0 amide bonds. The van der Waals surface area contributed by atoms with E-state index < -0.39 is 5.97 Å². The summed E-state index contributed by atoms with van der Waals surface area (Å²) in [6.45, 7) is 0.582. The molecule has 0 radical (unpaired) electrons. The summed E-state index contributed by atoms with van der Waals surface area (Å²) in [5.74, 6) is -0.966. The molecule has 2 aromatic rings. The van der Waals surface area contributed by atoms with Crippen LogP contribution in [0.2, 0.25) is 5.02 Å². The fourth-order valence-corrected chi connectivity index (χ4v) is 1.86. The van der Waals surface area contributed by atoms with E-state index in [2.05, 4.69) is 4.98 Å². The highest BCUT2D eigenvalue weighted by atomic mass is 35.5. The molecular formula is C12H11ClN2O2. The highest BCUT2D eigenvalue weighted by Gasteiger charge is 2.11. The van der Waals surface area contributed by atoms with E-state index in [-0.39, 0.29) is 5.69 Å². The standard InChI is InChI=1S/C12H11ClN2O2/c13-10-7-11(12(16)17)15(8-10)6-3-9-1-4-14-5-2-9/h1-2,4-5,7-8H,3,6H2,(H,16,17). The van der Waals surface area contributed by atoms with Gasteiger partial charge in [-0.05, 0) is 30.2 Å². The molecule has 0 aromatic carbocycles. The molecule has 2 aromatic heterocycles. The van der Waals surface area contributed by atoms with E-state index in [1.54, 1.807) is 23.2 Å². The number of rotatable bonds is 4. The number of carbonyl (C=O) groups is 1. The lowest BCUT2D eigenvalue weighted by molar-refractivity contribution is 0.0685. The van der Waals surface area contributed by atoms with E-state index in [9.17, 15) is 4.79 Å². The summed E-state index contributed by atoms with van der Waals surface area (Å²) in [6.07, 6.45) is 5.81. The Kier molecular flexibility index (Phi) is 3.44. The molecule has 2 rings (SSSR count). The molecule has 0 aliphatic heterocycles. The van der Waals surface area contributed by atoms with Crippen molar-refractivity contribution < 1.29 is 9.90 Å². The van der Waals surface area contributed by atoms with E-state index in [1.165, 1.54) is 6.07 Å². The Morgan fingerprint density at radius 3 is 2.76 bits per heavy atom. The van der Waals surface area contributed by atoms with Crippen LogP contribution in [0.3, 0.4) is 0 Å². The first-order chi connectivity index (χ1) is 8.16. The van der Waals surface area contributed by atoms with E-state index in [4.69, 9.17) is 16.7 Å². The van der Waals surface area contributed by atoms with E-state index >= 15 is 0 Å². The minimum absolute atomic E-state index is 0.212. The first-order valence-corrected chi connectivity index (χ1v) is 5.52. The maximum atomic E-state index is 11.0. The molecule has 0 aliphatic carbocycles. The third-order valence-corrected chi connectivity index (χ3v) is 2.68. The Labute approximate surface area is 103 Å². The van der Waals surface area contributed by atoms with Gasteiger partial charge in [0.05, 0.1) is 5.02 Å². The van der Waals surface area contributed by atoms with Crippen molar-refractivity contribution in [1.29, 1.82) is 0 Å². The SMILES string of the molecule is O=C(O)c1cc(Cl)cn1CCc1ccncc1. The van der Waals surface area contributed by atoms with Crippen LogP contribution in [0.1, 0.15) is 16.1 Å². The third-order valence-electron chi connectivity index (χ3n) is 2.47. The first kappa shape index (κ1) is 11.7. The normalized spacial score (nSPS) is 10.4. The second-order valence-electron chi connectivity index (χ2n) is 3.65. The molecule has 0 aliphatic rings. The molecule has 1 N–H and O–H groups in total. The van der Waals surface area contributed by atoms with E-state index in [0.29, 0.717) is 11.6 Å². The van der Waals surface area contributed by atoms with Crippen LogP contribution in [-0.2, 0) is 13.0 Å². The number of carboxylic acids is 1. The molecule has 0 atom stereocenters. The predicted octanol–water partition coefficient (Wildman–Crippen LogP) is 2.48. The summed E-state index contributed by atoms with van der Waals surface area (Å²) in [5, 5.41) is 9.43. The van der Waals surface area contributed by atoms with Crippen LogP contribution >= 0.6 is 11.6 Å². The maximum Gasteiger partial charge on any atom is 0.352 e. The number of hydrogen-bond acceptors (Lipinski definition) is 2. The number of nitrogens with zero attached hydrogens (tertiary/aromatic N) is 2. The van der Waals surface area contributed by atoms with Crippen LogP contribution in [0, 0.1) is 0 Å². The Bertz CT molecular complexity index is 523. The predicted molar refractivity (Wildman–Crippen MR) is 64.3 cm³/mol. The van der Waals surface area contributed by atoms with Gasteiger partial charge in [-0.2, -0.15) is 0 Å². The Balaban J connectivity index is 2.11. The molecule has 0 spiro atoms. The second-order valence-corrected chi connectivity index (χ2v) is 4.08. The number of aromatic carboxylic acids is 1. The molecule has 2 heterocycles. The van der Waals surface area contributed by atoms with Gasteiger partial charge < -0.3 is 9.67 Å². The summed E-state index contributed by atoms with van der Waals surface area (Å²) in [5.41, 5.74) is 1.32. The zero-order valence-corrected chi connectivity index (χ0v) is 9.76. The van der Waals surface area contributed by atoms with Gasteiger partial charge in [-0.1, -0.05) is 11.6 Å².